The monoisotopic (exact) mass is 374 g/mol. The lowest BCUT2D eigenvalue weighted by molar-refractivity contribution is -0.116. The second-order valence-corrected chi connectivity index (χ2v) is 7.16. The molecule has 0 saturated heterocycles. The third kappa shape index (κ3) is 4.05. The van der Waals surface area contributed by atoms with Gasteiger partial charge in [-0.3, -0.25) is 9.69 Å². The van der Waals surface area contributed by atoms with Crippen molar-refractivity contribution in [2.75, 3.05) is 11.4 Å². The number of amides is 1. The quantitative estimate of drug-likeness (QED) is 0.617. The van der Waals surface area contributed by atoms with Gasteiger partial charge in [0.1, 0.15) is 0 Å². The van der Waals surface area contributed by atoms with E-state index in [1.165, 1.54) is 23.1 Å². The number of tetrazole rings is 1. The number of hydrogen-bond acceptors (Lipinski definition) is 7. The minimum Gasteiger partial charge on any atom is -0.289 e. The molecule has 0 saturated carbocycles. The highest BCUT2D eigenvalue weighted by Crippen LogP contribution is 2.26. The molecule has 3 rings (SSSR count). The summed E-state index contributed by atoms with van der Waals surface area (Å²) in [5.74, 6) is 0.637. The minimum atomic E-state index is -0.000515. The van der Waals surface area contributed by atoms with Gasteiger partial charge in [0.25, 0.3) is 0 Å². The molecule has 1 aromatic carbocycles. The van der Waals surface area contributed by atoms with Crippen LogP contribution in [-0.2, 0) is 10.5 Å². The number of benzene rings is 1. The molecule has 2 aromatic heterocycles. The molecule has 0 N–H and O–H groups in total. The zero-order valence-corrected chi connectivity index (χ0v) is 15.8. The van der Waals surface area contributed by atoms with Crippen LogP contribution in [0.5, 0.6) is 0 Å². The highest BCUT2D eigenvalue weighted by atomic mass is 32.2. The highest BCUT2D eigenvalue weighted by molar-refractivity contribution is 7.98. The molecule has 0 spiro atoms. The third-order valence-electron chi connectivity index (χ3n) is 3.50. The Morgan fingerprint density at radius 2 is 2.24 bits per heavy atom. The summed E-state index contributed by atoms with van der Waals surface area (Å²) in [6, 6.07) is 8.02. The van der Waals surface area contributed by atoms with Crippen molar-refractivity contribution in [3.8, 4) is 5.69 Å². The maximum atomic E-state index is 11.6. The van der Waals surface area contributed by atoms with Crippen LogP contribution in [0.2, 0.25) is 0 Å². The van der Waals surface area contributed by atoms with Crippen LogP contribution in [-0.4, -0.2) is 37.6 Å². The van der Waals surface area contributed by atoms with E-state index in [0.717, 1.165) is 22.1 Å². The highest BCUT2D eigenvalue weighted by Gasteiger charge is 2.15. The van der Waals surface area contributed by atoms with E-state index < -0.39 is 0 Å². The van der Waals surface area contributed by atoms with Crippen LogP contribution in [0.15, 0.2) is 34.8 Å². The molecule has 3 aromatic rings. The first-order chi connectivity index (χ1) is 12.1. The number of carbonyl (C=O) groups excluding carboxylic acids is 1. The second kappa shape index (κ2) is 7.75. The van der Waals surface area contributed by atoms with Crippen molar-refractivity contribution in [1.29, 1.82) is 0 Å². The van der Waals surface area contributed by atoms with Crippen molar-refractivity contribution in [3.05, 3.63) is 40.9 Å². The molecule has 0 aliphatic rings. The Hall–Kier alpha value is -2.26. The van der Waals surface area contributed by atoms with Gasteiger partial charge >= 0.3 is 0 Å². The van der Waals surface area contributed by atoms with Crippen molar-refractivity contribution in [3.63, 3.8) is 0 Å². The number of hydrogen-bond donors (Lipinski definition) is 0. The molecule has 0 fully saturated rings. The predicted octanol–water partition coefficient (Wildman–Crippen LogP) is 3.09. The fourth-order valence-corrected chi connectivity index (χ4v) is 4.13. The Morgan fingerprint density at radius 1 is 1.40 bits per heavy atom. The van der Waals surface area contributed by atoms with Crippen LogP contribution in [0, 0.1) is 6.92 Å². The lowest BCUT2D eigenvalue weighted by Crippen LogP contribution is -2.27. The molecule has 0 atom stereocenters. The summed E-state index contributed by atoms with van der Waals surface area (Å²) in [6.45, 7) is 6.13. The molecule has 0 aliphatic carbocycles. The smallest absolute Gasteiger partial charge is 0.225 e. The van der Waals surface area contributed by atoms with Gasteiger partial charge in [-0.1, -0.05) is 23.9 Å². The normalized spacial score (nSPS) is 10.8. The first-order valence-corrected chi connectivity index (χ1v) is 9.65. The van der Waals surface area contributed by atoms with E-state index in [4.69, 9.17) is 0 Å². The first-order valence-electron chi connectivity index (χ1n) is 7.79. The van der Waals surface area contributed by atoms with E-state index >= 15 is 0 Å². The van der Waals surface area contributed by atoms with Crippen LogP contribution < -0.4 is 4.90 Å². The van der Waals surface area contributed by atoms with Crippen molar-refractivity contribution >= 4 is 34.1 Å². The number of rotatable bonds is 6. The average Bonchev–Trinajstić information content (AvgIpc) is 3.22. The SMILES string of the molecule is CCN(C(C)=O)c1nc(CSc2nnnn2-c2cccc(C)c2)cs1. The number of nitrogens with zero attached hydrogens (tertiary/aromatic N) is 6. The number of thioether (sulfide) groups is 1. The van der Waals surface area contributed by atoms with Gasteiger partial charge in [-0.15, -0.1) is 16.4 Å². The average molecular weight is 374 g/mol. The van der Waals surface area contributed by atoms with E-state index in [0.29, 0.717) is 17.5 Å². The van der Waals surface area contributed by atoms with Crippen molar-refractivity contribution in [2.45, 2.75) is 31.7 Å². The predicted molar refractivity (Wildman–Crippen MR) is 99.3 cm³/mol. The Balaban J connectivity index is 1.72. The van der Waals surface area contributed by atoms with Crippen LogP contribution in [0.3, 0.4) is 0 Å². The second-order valence-electron chi connectivity index (χ2n) is 5.39. The summed E-state index contributed by atoms with van der Waals surface area (Å²) in [5, 5.41) is 15.4. The molecule has 25 heavy (non-hydrogen) atoms. The van der Waals surface area contributed by atoms with Crippen LogP contribution >= 0.6 is 23.1 Å². The zero-order valence-electron chi connectivity index (χ0n) is 14.2. The lowest BCUT2D eigenvalue weighted by atomic mass is 10.2. The molecular formula is C16H18N6OS2. The van der Waals surface area contributed by atoms with E-state index in [1.54, 1.807) is 16.5 Å². The molecule has 0 bridgehead atoms. The van der Waals surface area contributed by atoms with Gasteiger partial charge in [-0.05, 0) is 42.0 Å². The number of thiazole rings is 1. The van der Waals surface area contributed by atoms with Gasteiger partial charge < -0.3 is 0 Å². The minimum absolute atomic E-state index is 0.000515. The van der Waals surface area contributed by atoms with Crippen molar-refractivity contribution in [2.24, 2.45) is 0 Å². The molecular weight excluding hydrogens is 356 g/mol. The Labute approximate surface area is 154 Å². The summed E-state index contributed by atoms with van der Waals surface area (Å²) in [4.78, 5) is 17.8. The third-order valence-corrected chi connectivity index (χ3v) is 5.37. The Kier molecular flexibility index (Phi) is 5.44. The summed E-state index contributed by atoms with van der Waals surface area (Å²) < 4.78 is 1.72. The fraction of sp³-hybridized carbons (Fsp3) is 0.312. The van der Waals surface area contributed by atoms with Crippen molar-refractivity contribution < 1.29 is 4.79 Å². The van der Waals surface area contributed by atoms with Gasteiger partial charge in [-0.2, -0.15) is 4.68 Å². The molecule has 7 nitrogen and oxygen atoms in total. The van der Waals surface area contributed by atoms with E-state index in [-0.39, 0.29) is 5.91 Å². The summed E-state index contributed by atoms with van der Waals surface area (Å²) in [7, 11) is 0. The van der Waals surface area contributed by atoms with Gasteiger partial charge in [0.2, 0.25) is 11.1 Å². The molecule has 1 amide bonds. The van der Waals surface area contributed by atoms with Gasteiger partial charge in [-0.25, -0.2) is 4.98 Å². The first kappa shape index (κ1) is 17.6. The molecule has 0 aliphatic heterocycles. The Morgan fingerprint density at radius 3 is 2.96 bits per heavy atom. The molecule has 2 heterocycles. The summed E-state index contributed by atoms with van der Waals surface area (Å²) in [6.07, 6.45) is 0. The molecule has 130 valence electrons. The van der Waals surface area contributed by atoms with E-state index in [1.807, 2.05) is 43.5 Å². The van der Waals surface area contributed by atoms with Crippen LogP contribution in [0.4, 0.5) is 5.13 Å². The summed E-state index contributed by atoms with van der Waals surface area (Å²) >= 11 is 2.99. The molecule has 0 radical (unpaired) electrons. The van der Waals surface area contributed by atoms with Gasteiger partial charge in [0.15, 0.2) is 5.13 Å². The van der Waals surface area contributed by atoms with E-state index in [2.05, 4.69) is 20.5 Å². The lowest BCUT2D eigenvalue weighted by Gasteiger charge is -2.14. The largest absolute Gasteiger partial charge is 0.289 e. The maximum Gasteiger partial charge on any atom is 0.225 e. The van der Waals surface area contributed by atoms with E-state index in [9.17, 15) is 4.79 Å². The van der Waals surface area contributed by atoms with Crippen molar-refractivity contribution in [1.82, 2.24) is 25.2 Å². The molecule has 0 unspecified atom stereocenters. The number of carbonyl (C=O) groups is 1. The van der Waals surface area contributed by atoms with Crippen LogP contribution in [0.1, 0.15) is 25.1 Å². The number of anilines is 1. The number of aryl methyl sites for hydroxylation is 1. The van der Waals surface area contributed by atoms with Gasteiger partial charge in [0.05, 0.1) is 11.4 Å². The Bertz CT molecular complexity index is 875. The fourth-order valence-electron chi connectivity index (χ4n) is 2.31. The van der Waals surface area contributed by atoms with Crippen LogP contribution in [0.25, 0.3) is 5.69 Å². The maximum absolute atomic E-state index is 11.6. The molecule has 9 heteroatoms. The topological polar surface area (TPSA) is 76.8 Å². The van der Waals surface area contributed by atoms with Gasteiger partial charge in [0, 0.05) is 24.6 Å². The zero-order chi connectivity index (χ0) is 17.8. The number of aromatic nitrogens is 5. The summed E-state index contributed by atoms with van der Waals surface area (Å²) in [5.41, 5.74) is 2.99. The standard InChI is InChI=1S/C16H18N6OS2/c1-4-21(12(3)23)15-17-13(9-24-15)10-25-16-18-19-20-22(16)14-7-5-6-11(2)8-14/h5-9H,4,10H2,1-3H3.